The van der Waals surface area contributed by atoms with Gasteiger partial charge in [0.05, 0.1) is 22.4 Å². The van der Waals surface area contributed by atoms with E-state index in [1.807, 2.05) is 0 Å². The first kappa shape index (κ1) is 16.0. The van der Waals surface area contributed by atoms with Gasteiger partial charge in [-0.15, -0.1) is 0 Å². The Bertz CT molecular complexity index is 779. The lowest BCUT2D eigenvalue weighted by Crippen LogP contribution is -2.33. The molecule has 0 N–H and O–H groups in total. The molecule has 0 aromatic heterocycles. The van der Waals surface area contributed by atoms with Crippen LogP contribution in [0.15, 0.2) is 18.2 Å². The molecule has 1 heterocycles. The van der Waals surface area contributed by atoms with Crippen molar-refractivity contribution < 1.29 is 27.7 Å². The number of benzene rings is 1. The van der Waals surface area contributed by atoms with Crippen LogP contribution in [-0.4, -0.2) is 16.7 Å². The predicted octanol–water partition coefficient (Wildman–Crippen LogP) is 3.15. The van der Waals surface area contributed by atoms with Crippen molar-refractivity contribution >= 4 is 23.2 Å². The number of hydrogen-bond donors (Lipinski definition) is 0. The molecule has 2 aliphatic carbocycles. The zero-order valence-electron chi connectivity index (χ0n) is 12.8. The monoisotopic (exact) mass is 354 g/mol. The van der Waals surface area contributed by atoms with Gasteiger partial charge in [-0.3, -0.25) is 24.6 Å². The molecule has 6 nitrogen and oxygen atoms in total. The average Bonchev–Trinajstić information content (AvgIpc) is 3.20. The molecule has 25 heavy (non-hydrogen) atoms. The van der Waals surface area contributed by atoms with E-state index in [0.29, 0.717) is 12.1 Å². The minimum Gasteiger partial charge on any atom is -0.274 e. The second kappa shape index (κ2) is 5.03. The fourth-order valence-corrected chi connectivity index (χ4v) is 4.71. The lowest BCUT2D eigenvalue weighted by atomic mass is 9.81. The highest BCUT2D eigenvalue weighted by molar-refractivity contribution is 6.22. The van der Waals surface area contributed by atoms with Gasteiger partial charge in [0.1, 0.15) is 5.56 Å². The van der Waals surface area contributed by atoms with Gasteiger partial charge >= 0.3 is 6.18 Å². The van der Waals surface area contributed by atoms with Crippen LogP contribution in [0.5, 0.6) is 0 Å². The summed E-state index contributed by atoms with van der Waals surface area (Å²) in [6.45, 7) is 0. The van der Waals surface area contributed by atoms with E-state index in [0.717, 1.165) is 30.2 Å². The summed E-state index contributed by atoms with van der Waals surface area (Å²) in [6.07, 6.45) is -2.44. The lowest BCUT2D eigenvalue weighted by molar-refractivity contribution is -0.388. The predicted molar refractivity (Wildman–Crippen MR) is 78.4 cm³/mol. The Labute approximate surface area is 139 Å². The van der Waals surface area contributed by atoms with Gasteiger partial charge in [0.15, 0.2) is 0 Å². The molecule has 4 rings (SSSR count). The molecule has 0 radical (unpaired) electrons. The first-order valence-corrected chi connectivity index (χ1v) is 7.93. The van der Waals surface area contributed by atoms with Crippen LogP contribution in [0.2, 0.25) is 0 Å². The van der Waals surface area contributed by atoms with E-state index in [9.17, 15) is 32.9 Å². The number of carbonyl (C=O) groups is 2. The number of nitro groups is 1. The van der Waals surface area contributed by atoms with Crippen LogP contribution in [0, 0.1) is 33.8 Å². The zero-order chi connectivity index (χ0) is 18.1. The van der Waals surface area contributed by atoms with Crippen molar-refractivity contribution in [3.8, 4) is 0 Å². The van der Waals surface area contributed by atoms with Crippen LogP contribution in [0.4, 0.5) is 24.5 Å². The van der Waals surface area contributed by atoms with Gasteiger partial charge in [0.25, 0.3) is 5.69 Å². The molecule has 3 fully saturated rings. The van der Waals surface area contributed by atoms with Gasteiger partial charge in [-0.1, -0.05) is 0 Å². The van der Waals surface area contributed by atoms with Gasteiger partial charge < -0.3 is 0 Å². The van der Waals surface area contributed by atoms with E-state index >= 15 is 0 Å². The minimum absolute atomic E-state index is 0.108. The maximum absolute atomic E-state index is 13.1. The smallest absolute Gasteiger partial charge is 0.274 e. The second-order valence-electron chi connectivity index (χ2n) is 6.85. The summed E-state index contributed by atoms with van der Waals surface area (Å²) in [5.74, 6) is -1.67. The molecular formula is C16H13F3N2O4. The number of anilines is 1. The summed E-state index contributed by atoms with van der Waals surface area (Å²) >= 11 is 0. The van der Waals surface area contributed by atoms with E-state index in [1.165, 1.54) is 0 Å². The van der Waals surface area contributed by atoms with Crippen molar-refractivity contribution in [2.75, 3.05) is 4.90 Å². The highest BCUT2D eigenvalue weighted by Crippen LogP contribution is 2.56. The van der Waals surface area contributed by atoms with Crippen LogP contribution < -0.4 is 4.90 Å². The summed E-state index contributed by atoms with van der Waals surface area (Å²) in [5.41, 5.74) is -2.81. The van der Waals surface area contributed by atoms with Gasteiger partial charge in [-0.05, 0) is 43.2 Å². The zero-order valence-corrected chi connectivity index (χ0v) is 12.8. The molecule has 4 atom stereocenters. The molecular weight excluding hydrogens is 341 g/mol. The van der Waals surface area contributed by atoms with Crippen molar-refractivity contribution in [2.45, 2.75) is 25.4 Å². The Balaban J connectivity index is 1.77. The second-order valence-corrected chi connectivity index (χ2v) is 6.85. The van der Waals surface area contributed by atoms with Gasteiger partial charge in [-0.25, -0.2) is 0 Å². The first-order chi connectivity index (χ1) is 11.7. The number of nitrogens with zero attached hydrogens (tertiary/aromatic N) is 2. The van der Waals surface area contributed by atoms with Gasteiger partial charge in [0, 0.05) is 6.07 Å². The van der Waals surface area contributed by atoms with Gasteiger partial charge in [0.2, 0.25) is 11.8 Å². The molecule has 3 aliphatic rings. The van der Waals surface area contributed by atoms with Crippen molar-refractivity contribution in [1.82, 2.24) is 0 Å². The quantitative estimate of drug-likeness (QED) is 0.464. The van der Waals surface area contributed by atoms with Crippen molar-refractivity contribution in [3.63, 3.8) is 0 Å². The van der Waals surface area contributed by atoms with Crippen LogP contribution >= 0.6 is 0 Å². The van der Waals surface area contributed by atoms with E-state index in [2.05, 4.69) is 0 Å². The third-order valence-corrected chi connectivity index (χ3v) is 5.67. The van der Waals surface area contributed by atoms with E-state index < -0.39 is 46.0 Å². The lowest BCUT2D eigenvalue weighted by Gasteiger charge is -2.19. The molecule has 2 saturated carbocycles. The van der Waals surface area contributed by atoms with Gasteiger partial charge in [-0.2, -0.15) is 13.2 Å². The number of amides is 2. The van der Waals surface area contributed by atoms with E-state index in [1.54, 1.807) is 0 Å². The molecule has 1 saturated heterocycles. The molecule has 9 heteroatoms. The topological polar surface area (TPSA) is 80.5 Å². The van der Waals surface area contributed by atoms with E-state index in [-0.39, 0.29) is 17.5 Å². The average molecular weight is 354 g/mol. The Kier molecular flexibility index (Phi) is 3.23. The highest BCUT2D eigenvalue weighted by atomic mass is 19.4. The first-order valence-electron chi connectivity index (χ1n) is 7.93. The highest BCUT2D eigenvalue weighted by Gasteiger charge is 2.61. The number of imide groups is 1. The fourth-order valence-electron chi connectivity index (χ4n) is 4.71. The minimum atomic E-state index is -4.96. The molecule has 2 amide bonds. The molecule has 132 valence electrons. The van der Waals surface area contributed by atoms with E-state index in [4.69, 9.17) is 0 Å². The van der Waals surface area contributed by atoms with Crippen LogP contribution in [-0.2, 0) is 15.8 Å². The molecule has 1 aromatic rings. The van der Waals surface area contributed by atoms with Crippen LogP contribution in [0.3, 0.4) is 0 Å². The SMILES string of the molecule is O=C1[C@@H]2[C@H]3CC[C@H](C3)[C@@H]2C(=O)N1c1ccc([N+](=O)[O-])c(C(F)(F)F)c1. The molecule has 1 aliphatic heterocycles. The normalized spacial score (nSPS) is 30.9. The Hall–Kier alpha value is -2.45. The van der Waals surface area contributed by atoms with Crippen molar-refractivity contribution in [2.24, 2.45) is 23.7 Å². The molecule has 0 spiro atoms. The Morgan fingerprint density at radius 3 is 2.12 bits per heavy atom. The van der Waals surface area contributed by atoms with Crippen molar-refractivity contribution in [1.29, 1.82) is 0 Å². The fraction of sp³-hybridized carbons (Fsp3) is 0.500. The van der Waals surface area contributed by atoms with Crippen LogP contribution in [0.1, 0.15) is 24.8 Å². The number of carbonyl (C=O) groups excluding carboxylic acids is 2. The largest absolute Gasteiger partial charge is 0.423 e. The number of halogens is 3. The Morgan fingerprint density at radius 1 is 1.08 bits per heavy atom. The maximum atomic E-state index is 13.1. The number of fused-ring (bicyclic) bond motifs is 5. The number of hydrogen-bond acceptors (Lipinski definition) is 4. The van der Waals surface area contributed by atoms with Crippen LogP contribution in [0.25, 0.3) is 0 Å². The number of nitro benzene ring substituents is 1. The summed E-state index contributed by atoms with van der Waals surface area (Å²) in [4.78, 5) is 35.8. The van der Waals surface area contributed by atoms with Crippen molar-refractivity contribution in [3.05, 3.63) is 33.9 Å². The third kappa shape index (κ3) is 2.17. The maximum Gasteiger partial charge on any atom is 0.423 e. The standard InChI is InChI=1S/C16H13F3N2O4/c17-16(18,19)10-6-9(3-4-11(10)21(24)25)20-14(22)12-7-1-2-8(5-7)13(12)15(20)23/h3-4,6-8,12-13H,1-2,5H2/t7-,8+,12+,13-. The summed E-state index contributed by atoms with van der Waals surface area (Å²) < 4.78 is 39.4. The number of rotatable bonds is 2. The molecule has 1 aromatic carbocycles. The molecule has 0 unspecified atom stereocenters. The third-order valence-electron chi connectivity index (χ3n) is 5.67. The Morgan fingerprint density at radius 2 is 1.64 bits per heavy atom. The summed E-state index contributed by atoms with van der Waals surface area (Å²) in [6, 6.07) is 2.25. The number of alkyl halides is 3. The summed E-state index contributed by atoms with van der Waals surface area (Å²) in [5, 5.41) is 10.8. The summed E-state index contributed by atoms with van der Waals surface area (Å²) in [7, 11) is 0. The molecule has 2 bridgehead atoms.